The first-order valence-corrected chi connectivity index (χ1v) is 18.3. The fourth-order valence-corrected chi connectivity index (χ4v) is 7.19. The Kier molecular flexibility index (Phi) is 8.99. The number of rotatable bonds is 8. The number of benzene rings is 7. The molecule has 0 bridgehead atoms. The molecule has 0 spiro atoms. The summed E-state index contributed by atoms with van der Waals surface area (Å²) in [7, 11) is 0. The van der Waals surface area contributed by atoms with E-state index < -0.39 is 0 Å². The lowest BCUT2D eigenvalue weighted by Gasteiger charge is -2.20. The first-order valence-electron chi connectivity index (χ1n) is 18.3. The van der Waals surface area contributed by atoms with Crippen molar-refractivity contribution in [2.45, 2.75) is 0 Å². The van der Waals surface area contributed by atoms with E-state index in [0.717, 1.165) is 89.5 Å². The van der Waals surface area contributed by atoms with Crippen LogP contribution in [0.5, 0.6) is 0 Å². The van der Waals surface area contributed by atoms with Gasteiger partial charge in [-0.05, 0) is 80.9 Å². The summed E-state index contributed by atoms with van der Waals surface area (Å²) in [5.41, 5.74) is 17.1. The monoisotopic (exact) mass is 688 g/mol. The van der Waals surface area contributed by atoms with Gasteiger partial charge in [0.15, 0.2) is 0 Å². The highest BCUT2D eigenvalue weighted by molar-refractivity contribution is 5.97. The van der Waals surface area contributed by atoms with Crippen molar-refractivity contribution < 1.29 is 0 Å². The maximum Gasteiger partial charge on any atom is 0.0715 e. The van der Waals surface area contributed by atoms with Gasteiger partial charge < -0.3 is 0 Å². The number of nitrogens with zero attached hydrogens (tertiary/aromatic N) is 2. The van der Waals surface area contributed by atoms with Crippen LogP contribution < -0.4 is 0 Å². The second kappa shape index (κ2) is 14.8. The second-order valence-corrected chi connectivity index (χ2v) is 13.4. The molecular weight excluding hydrogens is 653 g/mol. The molecule has 0 saturated heterocycles. The largest absolute Gasteiger partial charge is 0.248 e. The van der Waals surface area contributed by atoms with E-state index in [4.69, 9.17) is 9.97 Å². The lowest BCUT2D eigenvalue weighted by molar-refractivity contribution is 1.32. The molecule has 2 heterocycles. The Morgan fingerprint density at radius 2 is 0.389 bits per heavy atom. The van der Waals surface area contributed by atoms with Crippen molar-refractivity contribution >= 4 is 0 Å². The van der Waals surface area contributed by atoms with E-state index in [1.165, 1.54) is 0 Å². The molecule has 0 fully saturated rings. The molecule has 2 heteroatoms. The number of hydrogen-bond acceptors (Lipinski definition) is 2. The maximum absolute atomic E-state index is 5.23. The molecule has 254 valence electrons. The Bertz CT molecular complexity index is 2360. The summed E-state index contributed by atoms with van der Waals surface area (Å²) in [5.74, 6) is 0. The van der Waals surface area contributed by atoms with Crippen molar-refractivity contribution in [2.75, 3.05) is 0 Å². The van der Waals surface area contributed by atoms with E-state index in [0.29, 0.717) is 0 Å². The van der Waals surface area contributed by atoms with Crippen molar-refractivity contribution in [1.29, 1.82) is 0 Å². The van der Waals surface area contributed by atoms with Crippen LogP contribution >= 0.6 is 0 Å². The fourth-order valence-electron chi connectivity index (χ4n) is 7.19. The van der Waals surface area contributed by atoms with E-state index in [9.17, 15) is 0 Å². The van der Waals surface area contributed by atoms with Crippen LogP contribution in [0.1, 0.15) is 0 Å². The molecule has 0 saturated carbocycles. The highest BCUT2D eigenvalue weighted by Gasteiger charge is 2.20. The Labute approximate surface area is 316 Å². The molecule has 0 aliphatic carbocycles. The van der Waals surface area contributed by atoms with E-state index in [1.54, 1.807) is 0 Å². The van der Waals surface area contributed by atoms with E-state index in [-0.39, 0.29) is 0 Å². The van der Waals surface area contributed by atoms with Crippen LogP contribution in [0.3, 0.4) is 0 Å². The topological polar surface area (TPSA) is 25.8 Å². The van der Waals surface area contributed by atoms with Crippen LogP contribution in [0.25, 0.3) is 89.5 Å². The highest BCUT2D eigenvalue weighted by Crippen LogP contribution is 2.44. The van der Waals surface area contributed by atoms with Gasteiger partial charge in [0.05, 0.1) is 22.8 Å². The molecule has 2 nitrogen and oxygen atoms in total. The van der Waals surface area contributed by atoms with Crippen LogP contribution in [-0.2, 0) is 0 Å². The Hall–Kier alpha value is -7.16. The minimum absolute atomic E-state index is 0.932. The molecule has 0 aliphatic rings. The summed E-state index contributed by atoms with van der Waals surface area (Å²) in [5, 5.41) is 0. The Balaban J connectivity index is 1.37. The van der Waals surface area contributed by atoms with Crippen LogP contribution in [0.4, 0.5) is 0 Å². The summed E-state index contributed by atoms with van der Waals surface area (Å²) >= 11 is 0. The average Bonchev–Trinajstić information content (AvgIpc) is 3.27. The second-order valence-electron chi connectivity index (χ2n) is 13.4. The van der Waals surface area contributed by atoms with Gasteiger partial charge >= 0.3 is 0 Å². The molecule has 7 aromatic carbocycles. The number of aromatic nitrogens is 2. The van der Waals surface area contributed by atoms with Gasteiger partial charge in [0, 0.05) is 22.3 Å². The Morgan fingerprint density at radius 3 is 0.630 bits per heavy atom. The number of pyridine rings is 2. The van der Waals surface area contributed by atoms with Gasteiger partial charge in [0.25, 0.3) is 0 Å². The summed E-state index contributed by atoms with van der Waals surface area (Å²) in [6.45, 7) is 0. The summed E-state index contributed by atoms with van der Waals surface area (Å²) in [6.07, 6.45) is 0. The summed E-state index contributed by atoms with van der Waals surface area (Å²) in [6, 6.07) is 77.1. The predicted molar refractivity (Wildman–Crippen MR) is 226 cm³/mol. The van der Waals surface area contributed by atoms with Gasteiger partial charge in [-0.2, -0.15) is 0 Å². The van der Waals surface area contributed by atoms with Crippen molar-refractivity contribution in [3.63, 3.8) is 0 Å². The first-order chi connectivity index (χ1) is 26.8. The third kappa shape index (κ3) is 6.77. The minimum atomic E-state index is 0.932. The molecular formula is C52H36N2. The molecule has 0 radical (unpaired) electrons. The average molecular weight is 689 g/mol. The Morgan fingerprint density at radius 1 is 0.185 bits per heavy atom. The van der Waals surface area contributed by atoms with E-state index in [2.05, 4.69) is 218 Å². The SMILES string of the molecule is c1ccc(-c2cc(-c3cc(-c4cc(-c5ccccc5)nc(-c5ccccc5)c4)c(-c4ccccc4)cc3-c3ccccc3)cc(-c3ccccc3)n2)cc1. The standard InChI is InChI=1S/C52H36N2/c1-7-19-37(20-8-1)45-35-46(38-21-9-2-10-22-38)48(44-33-51(41-27-15-5-16-28-41)54-52(34-44)42-29-17-6-18-30-42)36-47(45)43-31-49(39-23-11-3-12-24-39)53-50(32-43)40-25-13-4-14-26-40/h1-36H. The molecule has 9 rings (SSSR count). The predicted octanol–water partition coefficient (Wildman–Crippen LogP) is 13.8. The zero-order chi connectivity index (χ0) is 36.1. The quantitative estimate of drug-likeness (QED) is 0.159. The lowest BCUT2D eigenvalue weighted by atomic mass is 9.85. The van der Waals surface area contributed by atoms with Gasteiger partial charge in [-0.1, -0.05) is 182 Å². The normalized spacial score (nSPS) is 11.0. The summed E-state index contributed by atoms with van der Waals surface area (Å²) < 4.78 is 0. The van der Waals surface area contributed by atoms with Crippen molar-refractivity contribution in [3.8, 4) is 89.5 Å². The van der Waals surface area contributed by atoms with Gasteiger partial charge in [-0.3, -0.25) is 0 Å². The lowest BCUT2D eigenvalue weighted by Crippen LogP contribution is -1.96. The van der Waals surface area contributed by atoms with Crippen molar-refractivity contribution in [2.24, 2.45) is 0 Å². The molecule has 0 atom stereocenters. The van der Waals surface area contributed by atoms with Crippen molar-refractivity contribution in [3.05, 3.63) is 218 Å². The molecule has 2 aromatic heterocycles. The van der Waals surface area contributed by atoms with E-state index >= 15 is 0 Å². The molecule has 0 unspecified atom stereocenters. The minimum Gasteiger partial charge on any atom is -0.248 e. The third-order valence-corrected chi connectivity index (χ3v) is 9.88. The van der Waals surface area contributed by atoms with Crippen LogP contribution in [-0.4, -0.2) is 9.97 Å². The number of hydrogen-bond donors (Lipinski definition) is 0. The van der Waals surface area contributed by atoms with Gasteiger partial charge in [-0.25, -0.2) is 9.97 Å². The van der Waals surface area contributed by atoms with Gasteiger partial charge in [-0.15, -0.1) is 0 Å². The van der Waals surface area contributed by atoms with Crippen LogP contribution in [0, 0.1) is 0 Å². The first kappa shape index (κ1) is 32.7. The third-order valence-electron chi connectivity index (χ3n) is 9.88. The molecule has 0 aliphatic heterocycles. The molecule has 54 heavy (non-hydrogen) atoms. The van der Waals surface area contributed by atoms with Crippen LogP contribution in [0.2, 0.25) is 0 Å². The zero-order valence-electron chi connectivity index (χ0n) is 29.7. The van der Waals surface area contributed by atoms with E-state index in [1.807, 2.05) is 0 Å². The highest BCUT2D eigenvalue weighted by atomic mass is 14.7. The molecule has 0 amide bonds. The summed E-state index contributed by atoms with van der Waals surface area (Å²) in [4.78, 5) is 10.5. The van der Waals surface area contributed by atoms with Gasteiger partial charge in [0.1, 0.15) is 0 Å². The molecule has 9 aromatic rings. The van der Waals surface area contributed by atoms with Crippen molar-refractivity contribution in [1.82, 2.24) is 9.97 Å². The smallest absolute Gasteiger partial charge is 0.0715 e. The zero-order valence-corrected chi connectivity index (χ0v) is 29.7. The van der Waals surface area contributed by atoms with Gasteiger partial charge in [0.2, 0.25) is 0 Å². The maximum atomic E-state index is 5.23. The molecule has 0 N–H and O–H groups in total. The van der Waals surface area contributed by atoms with Crippen LogP contribution in [0.15, 0.2) is 218 Å². The fraction of sp³-hybridized carbons (Fsp3) is 0.